The summed E-state index contributed by atoms with van der Waals surface area (Å²) in [6.45, 7) is 20.4. The molecule has 4 aromatic rings. The predicted molar refractivity (Wildman–Crippen MR) is 194 cm³/mol. The molecule has 0 aromatic heterocycles. The normalized spacial score (nSPS) is 10.6. The first kappa shape index (κ1) is 37.2. The number of rotatable bonds is 12. The molecule has 0 aliphatic rings. The quantitative estimate of drug-likeness (QED) is 0.0629. The highest BCUT2D eigenvalue weighted by atomic mass is 19.1. The summed E-state index contributed by atoms with van der Waals surface area (Å²) in [7, 11) is 0. The number of esters is 4. The molecule has 0 amide bonds. The summed E-state index contributed by atoms with van der Waals surface area (Å²) in [4.78, 5) is 48.8. The summed E-state index contributed by atoms with van der Waals surface area (Å²) in [5.74, 6) is -2.79. The number of hydrogen-bond donors (Lipinski definition) is 0. The Kier molecular flexibility index (Phi) is 11.8. The maximum absolute atomic E-state index is 15.5. The van der Waals surface area contributed by atoms with Crippen molar-refractivity contribution in [2.45, 2.75) is 27.7 Å². The van der Waals surface area contributed by atoms with Crippen LogP contribution in [0.1, 0.15) is 38.8 Å². The molecule has 0 aliphatic carbocycles. The minimum Gasteiger partial charge on any atom is -0.423 e. The number of ether oxygens (including phenoxy) is 4. The molecule has 4 aromatic carbocycles. The van der Waals surface area contributed by atoms with Crippen LogP contribution < -0.4 is 18.9 Å². The summed E-state index contributed by atoms with van der Waals surface area (Å²) in [6.07, 6.45) is 3.53. The van der Waals surface area contributed by atoms with Crippen molar-refractivity contribution in [1.29, 1.82) is 0 Å². The number of carbonyl (C=O) groups excluding carboxylic acids is 4. The van der Waals surface area contributed by atoms with Crippen molar-refractivity contribution in [2.75, 3.05) is 0 Å². The average molecular weight is 687 g/mol. The molecule has 0 saturated carbocycles. The fraction of sp³-hybridized carbons (Fsp3) is 0.0952. The molecule has 0 fully saturated rings. The first-order valence-electron chi connectivity index (χ1n) is 15.5. The van der Waals surface area contributed by atoms with Gasteiger partial charge in [0.25, 0.3) is 0 Å². The minimum absolute atomic E-state index is 0.0163. The smallest absolute Gasteiger partial charge is 0.338 e. The van der Waals surface area contributed by atoms with Gasteiger partial charge in [-0.3, -0.25) is 0 Å². The molecule has 51 heavy (non-hydrogen) atoms. The molecule has 0 heterocycles. The van der Waals surface area contributed by atoms with Gasteiger partial charge in [0.1, 0.15) is 28.8 Å². The third-order valence-electron chi connectivity index (χ3n) is 7.10. The zero-order chi connectivity index (χ0) is 37.4. The van der Waals surface area contributed by atoms with Gasteiger partial charge in [0.05, 0.1) is 0 Å². The second-order valence-corrected chi connectivity index (χ2v) is 11.7. The van der Waals surface area contributed by atoms with Gasteiger partial charge in [-0.15, -0.1) is 0 Å². The monoisotopic (exact) mass is 686 g/mol. The highest BCUT2D eigenvalue weighted by molar-refractivity contribution is 5.92. The molecule has 0 bridgehead atoms. The molecular formula is C42H35FO8. The number of benzene rings is 4. The summed E-state index contributed by atoms with van der Waals surface area (Å²) in [5.41, 5.74) is 3.78. The van der Waals surface area contributed by atoms with Gasteiger partial charge in [-0.1, -0.05) is 74.9 Å². The van der Waals surface area contributed by atoms with Crippen LogP contribution in [0.4, 0.5) is 4.39 Å². The topological polar surface area (TPSA) is 105 Å². The Morgan fingerprint density at radius 3 is 1.35 bits per heavy atom. The fourth-order valence-corrected chi connectivity index (χ4v) is 4.34. The summed E-state index contributed by atoms with van der Waals surface area (Å²) >= 11 is 0. The van der Waals surface area contributed by atoms with Gasteiger partial charge in [-0.25, -0.2) is 23.6 Å². The van der Waals surface area contributed by atoms with Crippen molar-refractivity contribution in [1.82, 2.24) is 0 Å². The van der Waals surface area contributed by atoms with E-state index in [4.69, 9.17) is 18.9 Å². The standard InChI is InChI=1S/C42H35FO8/c1-24(2)39(44)48-31-16-19-33(37(22-31)50-41(46)26(5)6)30-14-11-28(12-15-30)9-10-29-13-18-34(36(43)21-29)35-20-17-32(49-40(45)25(3)4)23-38(35)51-42(47)27(7)8/h9-23H,1,3,5,7H2,2,4,6,8H3. The average Bonchev–Trinajstić information content (AvgIpc) is 3.08. The van der Waals surface area contributed by atoms with E-state index in [9.17, 15) is 19.2 Å². The maximum Gasteiger partial charge on any atom is 0.338 e. The van der Waals surface area contributed by atoms with E-state index >= 15 is 4.39 Å². The van der Waals surface area contributed by atoms with E-state index in [1.165, 1.54) is 58.0 Å². The van der Waals surface area contributed by atoms with Crippen molar-refractivity contribution in [2.24, 2.45) is 0 Å². The van der Waals surface area contributed by atoms with E-state index in [0.29, 0.717) is 16.7 Å². The van der Waals surface area contributed by atoms with Crippen molar-refractivity contribution in [3.8, 4) is 45.3 Å². The Hall–Kier alpha value is -6.61. The van der Waals surface area contributed by atoms with Crippen molar-refractivity contribution in [3.05, 3.63) is 144 Å². The maximum atomic E-state index is 15.5. The van der Waals surface area contributed by atoms with Crippen LogP contribution >= 0.6 is 0 Å². The molecule has 258 valence electrons. The third-order valence-corrected chi connectivity index (χ3v) is 7.10. The Balaban J connectivity index is 1.58. The van der Waals surface area contributed by atoms with Crippen molar-refractivity contribution < 1.29 is 42.5 Å². The lowest BCUT2D eigenvalue weighted by Crippen LogP contribution is -2.11. The Morgan fingerprint density at radius 2 is 0.882 bits per heavy atom. The second kappa shape index (κ2) is 16.2. The van der Waals surface area contributed by atoms with Crippen LogP contribution in [0.15, 0.2) is 127 Å². The van der Waals surface area contributed by atoms with Gasteiger partial charge in [-0.05, 0) is 74.7 Å². The number of halogens is 1. The summed E-state index contributed by atoms with van der Waals surface area (Å²) < 4.78 is 37.1. The molecule has 0 saturated heterocycles. The van der Waals surface area contributed by atoms with Gasteiger partial charge in [0.2, 0.25) is 0 Å². The first-order chi connectivity index (χ1) is 24.1. The van der Waals surface area contributed by atoms with E-state index in [2.05, 4.69) is 26.3 Å². The van der Waals surface area contributed by atoms with Gasteiger partial charge in [0, 0.05) is 51.1 Å². The fourth-order valence-electron chi connectivity index (χ4n) is 4.34. The molecule has 0 spiro atoms. The Labute approximate surface area is 295 Å². The zero-order valence-corrected chi connectivity index (χ0v) is 28.6. The van der Waals surface area contributed by atoms with Crippen LogP contribution in [0.2, 0.25) is 0 Å². The van der Waals surface area contributed by atoms with Crippen LogP contribution in [-0.4, -0.2) is 23.9 Å². The molecular weight excluding hydrogens is 651 g/mol. The van der Waals surface area contributed by atoms with E-state index in [0.717, 1.165) is 5.56 Å². The number of carbonyl (C=O) groups is 4. The van der Waals surface area contributed by atoms with E-state index < -0.39 is 29.7 Å². The highest BCUT2D eigenvalue weighted by Gasteiger charge is 2.18. The Bertz CT molecular complexity index is 2140. The number of hydrogen-bond acceptors (Lipinski definition) is 8. The van der Waals surface area contributed by atoms with E-state index in [1.807, 2.05) is 24.3 Å². The van der Waals surface area contributed by atoms with Gasteiger partial charge < -0.3 is 18.9 Å². The lowest BCUT2D eigenvalue weighted by atomic mass is 10.0. The third kappa shape index (κ3) is 9.73. The molecule has 0 unspecified atom stereocenters. The second-order valence-electron chi connectivity index (χ2n) is 11.7. The van der Waals surface area contributed by atoms with Crippen molar-refractivity contribution >= 4 is 36.0 Å². The SMILES string of the molecule is C=C(C)C(=O)Oc1ccc(-c2ccc(C=Cc3ccc(-c4ccc(OC(=O)C(=C)C)cc4OC(=O)C(=C)C)c(F)c3)cc2)c(OC(=O)C(=C)C)c1. The van der Waals surface area contributed by atoms with Gasteiger partial charge in [0.15, 0.2) is 0 Å². The zero-order valence-electron chi connectivity index (χ0n) is 28.6. The van der Waals surface area contributed by atoms with E-state index in [1.54, 1.807) is 36.4 Å². The van der Waals surface area contributed by atoms with Crippen LogP contribution in [0.3, 0.4) is 0 Å². The molecule has 8 nitrogen and oxygen atoms in total. The molecule has 0 radical (unpaired) electrons. The molecule has 9 heteroatoms. The van der Waals surface area contributed by atoms with Crippen LogP contribution in [0.5, 0.6) is 23.0 Å². The van der Waals surface area contributed by atoms with Crippen molar-refractivity contribution in [3.63, 3.8) is 0 Å². The minimum atomic E-state index is -0.726. The molecule has 4 rings (SSSR count). The molecule has 0 aliphatic heterocycles. The van der Waals surface area contributed by atoms with Crippen LogP contribution in [0.25, 0.3) is 34.4 Å². The van der Waals surface area contributed by atoms with Gasteiger partial charge in [-0.2, -0.15) is 0 Å². The summed E-state index contributed by atoms with van der Waals surface area (Å²) in [6, 6.07) is 20.9. The van der Waals surface area contributed by atoms with Crippen LogP contribution in [0, 0.1) is 5.82 Å². The molecule has 0 N–H and O–H groups in total. The first-order valence-corrected chi connectivity index (χ1v) is 15.5. The lowest BCUT2D eigenvalue weighted by molar-refractivity contribution is -0.131. The highest BCUT2D eigenvalue weighted by Crippen LogP contribution is 2.37. The molecule has 0 atom stereocenters. The summed E-state index contributed by atoms with van der Waals surface area (Å²) in [5, 5.41) is 0. The van der Waals surface area contributed by atoms with E-state index in [-0.39, 0.29) is 56.4 Å². The van der Waals surface area contributed by atoms with Crippen LogP contribution in [-0.2, 0) is 19.2 Å². The Morgan fingerprint density at radius 1 is 0.490 bits per heavy atom. The largest absolute Gasteiger partial charge is 0.423 e. The van der Waals surface area contributed by atoms with Gasteiger partial charge >= 0.3 is 23.9 Å². The predicted octanol–water partition coefficient (Wildman–Crippen LogP) is 9.26. The lowest BCUT2D eigenvalue weighted by Gasteiger charge is -2.13.